The van der Waals surface area contributed by atoms with Gasteiger partial charge >= 0.3 is 5.76 Å². The number of benzene rings is 1. The number of aromatic nitrogens is 2. The summed E-state index contributed by atoms with van der Waals surface area (Å²) >= 11 is 0. The Kier molecular flexibility index (Phi) is 3.71. The van der Waals surface area contributed by atoms with E-state index in [9.17, 15) is 14.9 Å². The maximum absolute atomic E-state index is 11.5. The fourth-order valence-electron chi connectivity index (χ4n) is 1.59. The molecule has 0 aliphatic heterocycles. The van der Waals surface area contributed by atoms with E-state index in [0.717, 1.165) is 0 Å². The molecule has 2 rings (SSSR count). The summed E-state index contributed by atoms with van der Waals surface area (Å²) in [7, 11) is 1.52. The van der Waals surface area contributed by atoms with Gasteiger partial charge in [0.15, 0.2) is 5.82 Å². The number of hydrogen-bond donors (Lipinski definition) is 0. The molecule has 0 N–H and O–H groups in total. The number of nitro groups is 1. The van der Waals surface area contributed by atoms with Crippen LogP contribution >= 0.6 is 0 Å². The molecule has 0 bridgehead atoms. The van der Waals surface area contributed by atoms with E-state index in [1.807, 2.05) is 0 Å². The van der Waals surface area contributed by atoms with Crippen molar-refractivity contribution in [1.29, 1.82) is 0 Å². The van der Waals surface area contributed by atoms with E-state index in [1.54, 1.807) is 0 Å². The van der Waals surface area contributed by atoms with Crippen LogP contribution in [-0.2, 0) is 11.3 Å². The Balaban J connectivity index is 2.36. The van der Waals surface area contributed by atoms with Gasteiger partial charge in [0.25, 0.3) is 5.69 Å². The molecule has 0 spiro atoms. The van der Waals surface area contributed by atoms with Crippen LogP contribution in [0.4, 0.5) is 5.69 Å². The lowest BCUT2D eigenvalue weighted by molar-refractivity contribution is -0.384. The number of nitro benzene ring substituents is 1. The van der Waals surface area contributed by atoms with E-state index < -0.39 is 10.7 Å². The van der Waals surface area contributed by atoms with Crippen LogP contribution in [0.5, 0.6) is 0 Å². The highest BCUT2D eigenvalue weighted by Crippen LogP contribution is 2.19. The Morgan fingerprint density at radius 1 is 1.42 bits per heavy atom. The summed E-state index contributed by atoms with van der Waals surface area (Å²) in [5.74, 6) is -0.276. The molecule has 1 aromatic carbocycles. The molecule has 0 saturated carbocycles. The zero-order chi connectivity index (χ0) is 13.8. The summed E-state index contributed by atoms with van der Waals surface area (Å²) in [5, 5.41) is 14.2. The van der Waals surface area contributed by atoms with Gasteiger partial charge in [-0.05, 0) is 12.1 Å². The van der Waals surface area contributed by atoms with Gasteiger partial charge in [0.2, 0.25) is 0 Å². The van der Waals surface area contributed by atoms with Gasteiger partial charge in [-0.25, -0.2) is 4.79 Å². The highest BCUT2D eigenvalue weighted by molar-refractivity contribution is 5.57. The van der Waals surface area contributed by atoms with Crippen LogP contribution in [0.15, 0.2) is 33.6 Å². The zero-order valence-corrected chi connectivity index (χ0v) is 10.1. The predicted octanol–water partition coefficient (Wildman–Crippen LogP) is 1.06. The Labute approximate surface area is 107 Å². The minimum atomic E-state index is -0.592. The number of rotatable bonds is 5. The van der Waals surface area contributed by atoms with Crippen molar-refractivity contribution in [2.45, 2.75) is 6.54 Å². The van der Waals surface area contributed by atoms with Gasteiger partial charge in [0, 0.05) is 24.8 Å². The van der Waals surface area contributed by atoms with Crippen molar-refractivity contribution in [3.05, 3.63) is 44.9 Å². The summed E-state index contributed by atoms with van der Waals surface area (Å²) in [4.78, 5) is 21.5. The first-order valence-electron chi connectivity index (χ1n) is 5.43. The van der Waals surface area contributed by atoms with Crippen LogP contribution in [0, 0.1) is 10.1 Å². The third kappa shape index (κ3) is 2.68. The average molecular weight is 265 g/mol. The molecule has 0 saturated heterocycles. The molecular weight excluding hydrogens is 254 g/mol. The maximum atomic E-state index is 11.5. The largest absolute Gasteiger partial charge is 0.441 e. The Morgan fingerprint density at radius 2 is 2.11 bits per heavy atom. The van der Waals surface area contributed by atoms with E-state index >= 15 is 0 Å². The van der Waals surface area contributed by atoms with Crippen molar-refractivity contribution < 1.29 is 14.2 Å². The molecule has 100 valence electrons. The van der Waals surface area contributed by atoms with Crippen LogP contribution in [0.2, 0.25) is 0 Å². The van der Waals surface area contributed by atoms with Gasteiger partial charge < -0.3 is 4.74 Å². The third-order valence-electron chi connectivity index (χ3n) is 2.54. The van der Waals surface area contributed by atoms with E-state index in [1.165, 1.54) is 35.9 Å². The van der Waals surface area contributed by atoms with Crippen LogP contribution in [-0.4, -0.2) is 28.4 Å². The molecule has 0 unspecified atom stereocenters. The fraction of sp³-hybridized carbons (Fsp3) is 0.273. The second-order valence-electron chi connectivity index (χ2n) is 3.72. The van der Waals surface area contributed by atoms with E-state index in [0.29, 0.717) is 24.5 Å². The summed E-state index contributed by atoms with van der Waals surface area (Å²) in [6.07, 6.45) is 0. The van der Waals surface area contributed by atoms with E-state index in [2.05, 4.69) is 9.68 Å². The first-order chi connectivity index (χ1) is 9.13. The topological polar surface area (TPSA) is 100 Å². The first-order valence-corrected chi connectivity index (χ1v) is 5.43. The first kappa shape index (κ1) is 13.0. The Morgan fingerprint density at radius 3 is 2.68 bits per heavy atom. The zero-order valence-electron chi connectivity index (χ0n) is 10.1. The normalized spacial score (nSPS) is 10.6. The minimum absolute atomic E-state index is 0.0296. The molecule has 0 aliphatic rings. The molecule has 0 aliphatic carbocycles. The smallest absolute Gasteiger partial charge is 0.383 e. The maximum Gasteiger partial charge on any atom is 0.441 e. The summed E-state index contributed by atoms with van der Waals surface area (Å²) in [6, 6.07) is 5.71. The number of hydrogen-bond acceptors (Lipinski definition) is 6. The van der Waals surface area contributed by atoms with Gasteiger partial charge in [-0.15, -0.1) is 0 Å². The van der Waals surface area contributed by atoms with Gasteiger partial charge in [-0.1, -0.05) is 5.16 Å². The van der Waals surface area contributed by atoms with Gasteiger partial charge in [0.05, 0.1) is 18.1 Å². The SMILES string of the molecule is COCCn1c(-c2ccc([N+](=O)[O-])cc2)noc1=O. The molecule has 8 heteroatoms. The monoisotopic (exact) mass is 265 g/mol. The van der Waals surface area contributed by atoms with Crippen molar-refractivity contribution in [3.63, 3.8) is 0 Å². The van der Waals surface area contributed by atoms with Crippen molar-refractivity contribution in [2.75, 3.05) is 13.7 Å². The van der Waals surface area contributed by atoms with Crippen molar-refractivity contribution in [2.24, 2.45) is 0 Å². The van der Waals surface area contributed by atoms with Crippen LogP contribution < -0.4 is 5.76 Å². The van der Waals surface area contributed by atoms with Gasteiger partial charge in [-0.2, -0.15) is 0 Å². The van der Waals surface area contributed by atoms with Crippen molar-refractivity contribution in [3.8, 4) is 11.4 Å². The molecular formula is C11H11N3O5. The predicted molar refractivity (Wildman–Crippen MR) is 64.7 cm³/mol. The van der Waals surface area contributed by atoms with Crippen molar-refractivity contribution in [1.82, 2.24) is 9.72 Å². The van der Waals surface area contributed by atoms with Gasteiger partial charge in [0.1, 0.15) is 0 Å². The summed E-state index contributed by atoms with van der Waals surface area (Å²) in [6.45, 7) is 0.631. The third-order valence-corrected chi connectivity index (χ3v) is 2.54. The molecule has 0 amide bonds. The molecule has 8 nitrogen and oxygen atoms in total. The highest BCUT2D eigenvalue weighted by Gasteiger charge is 2.13. The Bertz CT molecular complexity index is 629. The van der Waals surface area contributed by atoms with Crippen LogP contribution in [0.1, 0.15) is 0 Å². The molecule has 0 radical (unpaired) electrons. The summed E-state index contributed by atoms with van der Waals surface area (Å²) in [5.41, 5.74) is 0.533. The van der Waals surface area contributed by atoms with Crippen molar-refractivity contribution >= 4 is 5.69 Å². The molecule has 2 aromatic rings. The Hall–Kier alpha value is -2.48. The summed E-state index contributed by atoms with van der Waals surface area (Å²) < 4.78 is 10.8. The molecule has 1 heterocycles. The molecule has 19 heavy (non-hydrogen) atoms. The molecule has 0 atom stereocenters. The number of ether oxygens (including phenoxy) is 1. The van der Waals surface area contributed by atoms with Crippen LogP contribution in [0.3, 0.4) is 0 Å². The fourth-order valence-corrected chi connectivity index (χ4v) is 1.59. The van der Waals surface area contributed by atoms with E-state index in [4.69, 9.17) is 4.74 Å². The highest BCUT2D eigenvalue weighted by atomic mass is 16.6. The second kappa shape index (κ2) is 5.44. The molecule has 1 aromatic heterocycles. The lowest BCUT2D eigenvalue weighted by Crippen LogP contribution is -2.18. The van der Waals surface area contributed by atoms with Gasteiger partial charge in [-0.3, -0.25) is 19.2 Å². The van der Waals surface area contributed by atoms with Crippen LogP contribution in [0.25, 0.3) is 11.4 Å². The minimum Gasteiger partial charge on any atom is -0.383 e. The number of non-ortho nitro benzene ring substituents is 1. The standard InChI is InChI=1S/C11H11N3O5/c1-18-7-6-13-10(12-19-11(13)15)8-2-4-9(5-3-8)14(16)17/h2-5H,6-7H2,1H3. The lowest BCUT2D eigenvalue weighted by atomic mass is 10.2. The number of methoxy groups -OCH3 is 1. The van der Waals surface area contributed by atoms with E-state index in [-0.39, 0.29) is 5.69 Å². The lowest BCUT2D eigenvalue weighted by Gasteiger charge is -2.03. The average Bonchev–Trinajstić information content (AvgIpc) is 2.78. The molecule has 0 fully saturated rings. The second-order valence-corrected chi connectivity index (χ2v) is 3.72. The quantitative estimate of drug-likeness (QED) is 0.591. The number of nitrogens with zero attached hydrogens (tertiary/aromatic N) is 3.